The van der Waals surface area contributed by atoms with Gasteiger partial charge in [-0.2, -0.15) is 13.2 Å². The summed E-state index contributed by atoms with van der Waals surface area (Å²) in [5, 5.41) is 0. The summed E-state index contributed by atoms with van der Waals surface area (Å²) in [6.45, 7) is 1.83. The van der Waals surface area contributed by atoms with E-state index in [9.17, 15) is 13.2 Å². The molecule has 1 rings (SSSR count). The first-order valence-corrected chi connectivity index (χ1v) is 5.74. The Hall–Kier alpha value is -0.900. The topological polar surface area (TPSA) is 9.23 Å². The maximum atomic E-state index is 12.6. The van der Waals surface area contributed by atoms with E-state index in [-0.39, 0.29) is 5.92 Å². The first kappa shape index (κ1) is 14.2. The predicted octanol–water partition coefficient (Wildman–Crippen LogP) is 4.45. The SMILES string of the molecule is COc1ccc(C(F)(F)F)cc1C(C)CCCl. The minimum atomic E-state index is -4.33. The molecule has 96 valence electrons. The minimum absolute atomic E-state index is 0.0650. The summed E-state index contributed by atoms with van der Waals surface area (Å²) >= 11 is 5.61. The lowest BCUT2D eigenvalue weighted by Crippen LogP contribution is -2.07. The van der Waals surface area contributed by atoms with Crippen LogP contribution in [0.4, 0.5) is 13.2 Å². The number of hydrogen-bond donors (Lipinski definition) is 0. The molecule has 0 saturated heterocycles. The van der Waals surface area contributed by atoms with Crippen LogP contribution in [-0.4, -0.2) is 13.0 Å². The van der Waals surface area contributed by atoms with Gasteiger partial charge in [0.1, 0.15) is 5.75 Å². The van der Waals surface area contributed by atoms with Crippen molar-refractivity contribution in [3.63, 3.8) is 0 Å². The standard InChI is InChI=1S/C12H14ClF3O/c1-8(5-6-13)10-7-9(12(14,15)16)3-4-11(10)17-2/h3-4,7-8H,5-6H2,1-2H3. The van der Waals surface area contributed by atoms with Crippen molar-refractivity contribution in [2.75, 3.05) is 13.0 Å². The molecule has 1 nitrogen and oxygen atoms in total. The Morgan fingerprint density at radius 1 is 1.35 bits per heavy atom. The van der Waals surface area contributed by atoms with Crippen molar-refractivity contribution >= 4 is 11.6 Å². The second kappa shape index (κ2) is 5.63. The average molecular weight is 267 g/mol. The second-order valence-electron chi connectivity index (χ2n) is 3.83. The molecule has 1 unspecified atom stereocenters. The molecule has 0 bridgehead atoms. The highest BCUT2D eigenvalue weighted by atomic mass is 35.5. The van der Waals surface area contributed by atoms with Gasteiger partial charge in [-0.1, -0.05) is 6.92 Å². The highest BCUT2D eigenvalue weighted by Crippen LogP contribution is 2.36. The molecule has 0 spiro atoms. The third kappa shape index (κ3) is 3.53. The average Bonchev–Trinajstić information content (AvgIpc) is 2.27. The number of hydrogen-bond acceptors (Lipinski definition) is 1. The van der Waals surface area contributed by atoms with E-state index in [2.05, 4.69) is 0 Å². The molecule has 17 heavy (non-hydrogen) atoms. The van der Waals surface area contributed by atoms with E-state index >= 15 is 0 Å². The van der Waals surface area contributed by atoms with Gasteiger partial charge in [0, 0.05) is 5.88 Å². The van der Waals surface area contributed by atoms with E-state index < -0.39 is 11.7 Å². The lowest BCUT2D eigenvalue weighted by Gasteiger charge is -2.17. The van der Waals surface area contributed by atoms with Crippen molar-refractivity contribution in [2.45, 2.75) is 25.4 Å². The van der Waals surface area contributed by atoms with Gasteiger partial charge in [0.2, 0.25) is 0 Å². The molecule has 1 aromatic carbocycles. The normalized spacial score (nSPS) is 13.5. The predicted molar refractivity (Wildman–Crippen MR) is 61.7 cm³/mol. The number of halogens is 4. The molecule has 0 aliphatic rings. The van der Waals surface area contributed by atoms with Gasteiger partial charge in [0.15, 0.2) is 0 Å². The van der Waals surface area contributed by atoms with Gasteiger partial charge in [-0.3, -0.25) is 0 Å². The molecule has 0 aliphatic heterocycles. The van der Waals surface area contributed by atoms with E-state index in [1.165, 1.54) is 13.2 Å². The van der Waals surface area contributed by atoms with Crippen LogP contribution in [0.15, 0.2) is 18.2 Å². The highest BCUT2D eigenvalue weighted by molar-refractivity contribution is 6.17. The molecule has 0 saturated carbocycles. The second-order valence-corrected chi connectivity index (χ2v) is 4.21. The molecule has 1 aromatic rings. The Balaban J connectivity index is 3.15. The van der Waals surface area contributed by atoms with E-state index in [1.54, 1.807) is 0 Å². The van der Waals surface area contributed by atoms with Crippen LogP contribution in [0.25, 0.3) is 0 Å². The van der Waals surface area contributed by atoms with Gasteiger partial charge < -0.3 is 4.74 Å². The van der Waals surface area contributed by atoms with Crippen LogP contribution in [0.5, 0.6) is 5.75 Å². The number of benzene rings is 1. The van der Waals surface area contributed by atoms with E-state index in [0.29, 0.717) is 23.6 Å². The third-order valence-corrected chi connectivity index (χ3v) is 2.85. The molecular formula is C12H14ClF3O. The summed E-state index contributed by atoms with van der Waals surface area (Å²) in [6, 6.07) is 3.51. The van der Waals surface area contributed by atoms with E-state index in [0.717, 1.165) is 12.1 Å². The van der Waals surface area contributed by atoms with Gasteiger partial charge in [-0.25, -0.2) is 0 Å². The van der Waals surface area contributed by atoms with Gasteiger partial charge in [0.05, 0.1) is 12.7 Å². The van der Waals surface area contributed by atoms with Crippen molar-refractivity contribution in [1.82, 2.24) is 0 Å². The Morgan fingerprint density at radius 2 is 2.00 bits per heavy atom. The molecule has 0 N–H and O–H groups in total. The highest BCUT2D eigenvalue weighted by Gasteiger charge is 2.31. The number of rotatable bonds is 4. The van der Waals surface area contributed by atoms with Gasteiger partial charge in [-0.05, 0) is 36.1 Å². The van der Waals surface area contributed by atoms with Crippen molar-refractivity contribution in [1.29, 1.82) is 0 Å². The quantitative estimate of drug-likeness (QED) is 0.732. The van der Waals surface area contributed by atoms with Crippen molar-refractivity contribution in [2.24, 2.45) is 0 Å². The maximum absolute atomic E-state index is 12.6. The van der Waals surface area contributed by atoms with Crippen LogP contribution in [0.1, 0.15) is 30.4 Å². The van der Waals surface area contributed by atoms with Crippen LogP contribution >= 0.6 is 11.6 Å². The molecule has 0 fully saturated rings. The Labute approximate surface area is 104 Å². The molecule has 0 heterocycles. The van der Waals surface area contributed by atoms with Crippen LogP contribution < -0.4 is 4.74 Å². The summed E-state index contributed by atoms with van der Waals surface area (Å²) < 4.78 is 42.8. The fourth-order valence-corrected chi connectivity index (χ4v) is 1.94. The summed E-state index contributed by atoms with van der Waals surface area (Å²) in [7, 11) is 1.44. The number of methoxy groups -OCH3 is 1. The zero-order chi connectivity index (χ0) is 13.1. The Bertz CT molecular complexity index is 377. The van der Waals surface area contributed by atoms with Crippen molar-refractivity contribution in [3.05, 3.63) is 29.3 Å². The minimum Gasteiger partial charge on any atom is -0.496 e. The van der Waals surface area contributed by atoms with Crippen molar-refractivity contribution < 1.29 is 17.9 Å². The lowest BCUT2D eigenvalue weighted by molar-refractivity contribution is -0.137. The summed E-state index contributed by atoms with van der Waals surface area (Å²) in [6.07, 6.45) is -3.72. The Kier molecular flexibility index (Phi) is 4.69. The number of alkyl halides is 4. The largest absolute Gasteiger partial charge is 0.496 e. The fourth-order valence-electron chi connectivity index (χ4n) is 1.61. The van der Waals surface area contributed by atoms with Gasteiger partial charge in [0.25, 0.3) is 0 Å². The van der Waals surface area contributed by atoms with Crippen LogP contribution in [0, 0.1) is 0 Å². The zero-order valence-corrected chi connectivity index (χ0v) is 10.4. The van der Waals surface area contributed by atoms with E-state index in [1.807, 2.05) is 6.92 Å². The molecule has 0 radical (unpaired) electrons. The molecular weight excluding hydrogens is 253 g/mol. The van der Waals surface area contributed by atoms with Crippen molar-refractivity contribution in [3.8, 4) is 5.75 Å². The van der Waals surface area contributed by atoms with Crippen LogP contribution in [0.2, 0.25) is 0 Å². The first-order valence-electron chi connectivity index (χ1n) is 5.21. The van der Waals surface area contributed by atoms with Gasteiger partial charge >= 0.3 is 6.18 Å². The lowest BCUT2D eigenvalue weighted by atomic mass is 9.95. The van der Waals surface area contributed by atoms with Crippen LogP contribution in [-0.2, 0) is 6.18 Å². The van der Waals surface area contributed by atoms with Gasteiger partial charge in [-0.15, -0.1) is 11.6 Å². The third-order valence-electron chi connectivity index (χ3n) is 2.63. The smallest absolute Gasteiger partial charge is 0.416 e. The monoisotopic (exact) mass is 266 g/mol. The molecule has 0 aliphatic carbocycles. The molecule has 1 atom stereocenters. The van der Waals surface area contributed by atoms with Crippen LogP contribution in [0.3, 0.4) is 0 Å². The molecule has 5 heteroatoms. The molecule has 0 aromatic heterocycles. The first-order chi connectivity index (χ1) is 7.90. The summed E-state index contributed by atoms with van der Waals surface area (Å²) in [5.74, 6) is 0.806. The van der Waals surface area contributed by atoms with E-state index in [4.69, 9.17) is 16.3 Å². The maximum Gasteiger partial charge on any atom is 0.416 e. The summed E-state index contributed by atoms with van der Waals surface area (Å²) in [4.78, 5) is 0. The Morgan fingerprint density at radius 3 is 2.47 bits per heavy atom. The summed E-state index contributed by atoms with van der Waals surface area (Å²) in [5.41, 5.74) is -0.113. The fraction of sp³-hybridized carbons (Fsp3) is 0.500. The number of ether oxygens (including phenoxy) is 1. The zero-order valence-electron chi connectivity index (χ0n) is 9.64. The molecule has 0 amide bonds.